The molecule has 2 heterocycles. The molecule has 1 fully saturated rings. The molecular formula is C8H9BrF2N4O3S. The van der Waals surface area contributed by atoms with Gasteiger partial charge in [-0.15, -0.1) is 10.2 Å². The number of azo groups is 1. The van der Waals surface area contributed by atoms with E-state index in [2.05, 4.69) is 15.2 Å². The molecule has 0 bridgehead atoms. The second-order valence-electron chi connectivity index (χ2n) is 4.02. The number of hydrogen-bond donors (Lipinski definition) is 0. The Hall–Kier alpha value is -0.970. The zero-order chi connectivity index (χ0) is 14.3. The maximum Gasteiger partial charge on any atom is 0.405 e. The van der Waals surface area contributed by atoms with Crippen molar-refractivity contribution < 1.29 is 22.0 Å². The van der Waals surface area contributed by atoms with Gasteiger partial charge in [-0.3, -0.25) is 4.79 Å². The number of aliphatic imine (C=N–C) groups is 1. The first kappa shape index (κ1) is 14.4. The maximum atomic E-state index is 13.2. The monoisotopic (exact) mass is 358 g/mol. The van der Waals surface area contributed by atoms with Gasteiger partial charge in [0.1, 0.15) is 6.34 Å². The van der Waals surface area contributed by atoms with Crippen molar-refractivity contribution >= 4 is 38.0 Å². The van der Waals surface area contributed by atoms with E-state index >= 15 is 0 Å². The molecular weight excluding hydrogens is 350 g/mol. The van der Waals surface area contributed by atoms with Crippen molar-refractivity contribution in [2.45, 2.75) is 22.0 Å². The summed E-state index contributed by atoms with van der Waals surface area (Å²) >= 11 is 1.75. The molecule has 1 unspecified atom stereocenters. The van der Waals surface area contributed by atoms with Crippen molar-refractivity contribution in [3.63, 3.8) is 0 Å². The lowest BCUT2D eigenvalue weighted by molar-refractivity contribution is -0.132. The highest BCUT2D eigenvalue weighted by molar-refractivity contribution is 9.11. The first-order chi connectivity index (χ1) is 8.72. The Kier molecular flexibility index (Phi) is 3.45. The van der Waals surface area contributed by atoms with Gasteiger partial charge in [0.2, 0.25) is 0 Å². The molecule has 2 aliphatic heterocycles. The van der Waals surface area contributed by atoms with Crippen molar-refractivity contribution in [3.8, 4) is 0 Å². The quantitative estimate of drug-likeness (QED) is 0.707. The molecule has 1 amide bonds. The lowest BCUT2D eigenvalue weighted by atomic mass is 10.4. The van der Waals surface area contributed by atoms with Gasteiger partial charge in [-0.1, -0.05) is 0 Å². The van der Waals surface area contributed by atoms with Crippen molar-refractivity contribution in [2.75, 3.05) is 13.1 Å². The van der Waals surface area contributed by atoms with E-state index in [0.717, 1.165) is 4.90 Å². The molecule has 0 saturated carbocycles. The minimum absolute atomic E-state index is 0.287. The molecule has 1 atom stereocenters. The van der Waals surface area contributed by atoms with Gasteiger partial charge < -0.3 is 4.90 Å². The SMILES string of the molecule is O=C(N1CCCC1)C1(S(=O)(=O)C(F)(F)Br)N=CN=N1. The largest absolute Gasteiger partial charge is 0.405 e. The molecule has 106 valence electrons. The van der Waals surface area contributed by atoms with Gasteiger partial charge in [0.25, 0.3) is 15.7 Å². The van der Waals surface area contributed by atoms with Gasteiger partial charge in [0, 0.05) is 29.0 Å². The normalized spacial score (nSPS) is 27.2. The summed E-state index contributed by atoms with van der Waals surface area (Å²) in [6.45, 7) is 0.573. The van der Waals surface area contributed by atoms with Gasteiger partial charge in [0.15, 0.2) is 0 Å². The Morgan fingerprint density at radius 3 is 2.37 bits per heavy atom. The maximum absolute atomic E-state index is 13.2. The van der Waals surface area contributed by atoms with Crippen LogP contribution in [-0.4, -0.2) is 47.8 Å². The predicted octanol–water partition coefficient (Wildman–Crippen LogP) is 1.12. The van der Waals surface area contributed by atoms with E-state index in [0.29, 0.717) is 19.2 Å². The minimum Gasteiger partial charge on any atom is -0.338 e. The molecule has 2 rings (SSSR count). The third-order valence-electron chi connectivity index (χ3n) is 2.83. The molecule has 11 heteroatoms. The van der Waals surface area contributed by atoms with Crippen LogP contribution in [-0.2, 0) is 14.6 Å². The summed E-state index contributed by atoms with van der Waals surface area (Å²) in [4.78, 5) is 13.7. The molecule has 0 spiro atoms. The third-order valence-corrected chi connectivity index (χ3v) is 5.83. The molecule has 0 N–H and O–H groups in total. The number of carbonyl (C=O) groups excluding carboxylic acids is 1. The van der Waals surface area contributed by atoms with E-state index in [9.17, 15) is 22.0 Å². The van der Waals surface area contributed by atoms with Crippen LogP contribution in [0.1, 0.15) is 12.8 Å². The van der Waals surface area contributed by atoms with Crippen molar-refractivity contribution in [3.05, 3.63) is 0 Å². The van der Waals surface area contributed by atoms with Gasteiger partial charge in [0.05, 0.1) is 0 Å². The topological polar surface area (TPSA) is 91.5 Å². The number of carbonyl (C=O) groups is 1. The second-order valence-corrected chi connectivity index (χ2v) is 7.63. The predicted molar refractivity (Wildman–Crippen MR) is 64.7 cm³/mol. The average Bonchev–Trinajstić information content (AvgIpc) is 2.99. The number of hydrogen-bond acceptors (Lipinski definition) is 6. The highest BCUT2D eigenvalue weighted by atomic mass is 79.9. The Bertz CT molecular complexity index is 539. The average molecular weight is 359 g/mol. The Balaban J connectivity index is 2.48. The van der Waals surface area contributed by atoms with E-state index in [4.69, 9.17) is 0 Å². The van der Waals surface area contributed by atoms with Crippen LogP contribution in [0.15, 0.2) is 15.2 Å². The number of nitrogens with zero attached hydrogens (tertiary/aromatic N) is 4. The van der Waals surface area contributed by atoms with Crippen LogP contribution in [0, 0.1) is 0 Å². The Morgan fingerprint density at radius 2 is 1.95 bits per heavy atom. The first-order valence-electron chi connectivity index (χ1n) is 5.28. The fourth-order valence-electron chi connectivity index (χ4n) is 1.86. The zero-order valence-corrected chi connectivity index (χ0v) is 11.9. The van der Waals surface area contributed by atoms with Crippen molar-refractivity contribution in [1.82, 2.24) is 4.90 Å². The molecule has 0 aliphatic carbocycles. The zero-order valence-electron chi connectivity index (χ0n) is 9.46. The Labute approximate surface area is 115 Å². The summed E-state index contributed by atoms with van der Waals surface area (Å²) in [7, 11) is -5.34. The molecule has 1 saturated heterocycles. The standard InChI is InChI=1S/C8H9BrF2N4O3S/c9-8(10,11)19(17,18)7(12-5-13-14-7)6(16)15-3-1-2-4-15/h5H,1-4H2. The fourth-order valence-corrected chi connectivity index (χ4v) is 3.56. The summed E-state index contributed by atoms with van der Waals surface area (Å²) in [5.74, 6) is -1.10. The van der Waals surface area contributed by atoms with Crippen LogP contribution in [0.4, 0.5) is 8.78 Å². The molecule has 19 heavy (non-hydrogen) atoms. The van der Waals surface area contributed by atoms with E-state index in [1.54, 1.807) is 15.9 Å². The first-order valence-corrected chi connectivity index (χ1v) is 7.56. The Morgan fingerprint density at radius 1 is 1.37 bits per heavy atom. The number of alkyl halides is 3. The van der Waals surface area contributed by atoms with Gasteiger partial charge in [-0.25, -0.2) is 13.4 Å². The van der Waals surface area contributed by atoms with Crippen molar-refractivity contribution in [2.24, 2.45) is 15.2 Å². The summed E-state index contributed by atoms with van der Waals surface area (Å²) in [6.07, 6.45) is 2.03. The number of likely N-dealkylation sites (tertiary alicyclic amines) is 1. The third kappa shape index (κ3) is 2.08. The fraction of sp³-hybridized carbons (Fsp3) is 0.750. The number of halogens is 3. The van der Waals surface area contributed by atoms with Crippen LogP contribution in [0.2, 0.25) is 0 Å². The molecule has 0 radical (unpaired) electrons. The van der Waals surface area contributed by atoms with Crippen LogP contribution in [0.25, 0.3) is 0 Å². The van der Waals surface area contributed by atoms with Crippen LogP contribution in [0.3, 0.4) is 0 Å². The molecule has 0 aromatic heterocycles. The minimum atomic E-state index is -5.34. The van der Waals surface area contributed by atoms with Crippen LogP contribution < -0.4 is 0 Å². The van der Waals surface area contributed by atoms with Gasteiger partial charge in [-0.05, 0) is 12.8 Å². The lowest BCUT2D eigenvalue weighted by Gasteiger charge is -2.27. The number of sulfone groups is 1. The second kappa shape index (κ2) is 4.54. The van der Waals surface area contributed by atoms with Crippen molar-refractivity contribution in [1.29, 1.82) is 0 Å². The van der Waals surface area contributed by atoms with E-state index in [1.165, 1.54) is 0 Å². The van der Waals surface area contributed by atoms with E-state index in [1.807, 2.05) is 0 Å². The van der Waals surface area contributed by atoms with Crippen LogP contribution >= 0.6 is 15.9 Å². The highest BCUT2D eigenvalue weighted by Gasteiger charge is 2.65. The molecule has 0 aromatic carbocycles. The summed E-state index contributed by atoms with van der Waals surface area (Å²) in [5, 5.41) is 6.33. The summed E-state index contributed by atoms with van der Waals surface area (Å²) in [5.41, 5.74) is 0. The lowest BCUT2D eigenvalue weighted by Crippen LogP contribution is -2.53. The number of rotatable bonds is 3. The summed E-state index contributed by atoms with van der Waals surface area (Å²) < 4.78 is 45.9. The smallest absolute Gasteiger partial charge is 0.338 e. The summed E-state index contributed by atoms with van der Waals surface area (Å²) in [6, 6.07) is 0. The molecule has 7 nitrogen and oxygen atoms in total. The molecule has 0 aromatic rings. The van der Waals surface area contributed by atoms with Crippen LogP contribution in [0.5, 0.6) is 0 Å². The van der Waals surface area contributed by atoms with E-state index in [-0.39, 0.29) is 13.1 Å². The highest BCUT2D eigenvalue weighted by Crippen LogP contribution is 2.41. The van der Waals surface area contributed by atoms with E-state index < -0.39 is 24.9 Å². The molecule has 2 aliphatic rings. The van der Waals surface area contributed by atoms with Gasteiger partial charge in [-0.2, -0.15) is 8.78 Å². The van der Waals surface area contributed by atoms with Gasteiger partial charge >= 0.3 is 9.16 Å². The number of amides is 1.